The van der Waals surface area contributed by atoms with E-state index in [0.717, 1.165) is 15.7 Å². The second kappa shape index (κ2) is 4.26. The van der Waals surface area contributed by atoms with E-state index in [0.29, 0.717) is 5.02 Å². The topological polar surface area (TPSA) is 38.0 Å². The molecule has 0 aliphatic rings. The van der Waals surface area contributed by atoms with Crippen LogP contribution in [0.1, 0.15) is 5.56 Å². The third-order valence-electron chi connectivity index (χ3n) is 1.48. The molecule has 0 atom stereocenters. The van der Waals surface area contributed by atoms with Gasteiger partial charge in [0.05, 0.1) is 10.7 Å². The van der Waals surface area contributed by atoms with Crippen LogP contribution in [0.25, 0.3) is 0 Å². The zero-order valence-corrected chi connectivity index (χ0v) is 10.1. The lowest BCUT2D eigenvalue weighted by Gasteiger charge is -2.08. The molecule has 1 aromatic rings. The molecule has 0 aliphatic carbocycles. The van der Waals surface area contributed by atoms with Crippen molar-refractivity contribution in [3.63, 3.8) is 0 Å². The Morgan fingerprint density at radius 2 is 2.23 bits per heavy atom. The van der Waals surface area contributed by atoms with Crippen LogP contribution in [-0.2, 0) is 0 Å². The van der Waals surface area contributed by atoms with Crippen LogP contribution >= 0.6 is 39.7 Å². The molecule has 0 bridgehead atoms. The predicted molar refractivity (Wildman–Crippen MR) is 64.3 cm³/mol. The second-order valence-corrected chi connectivity index (χ2v) is 4.31. The van der Waals surface area contributed by atoms with E-state index >= 15 is 0 Å². The van der Waals surface area contributed by atoms with Crippen molar-refractivity contribution < 1.29 is 0 Å². The highest BCUT2D eigenvalue weighted by Crippen LogP contribution is 2.29. The normalized spacial score (nSPS) is 9.77. The molecule has 0 radical (unpaired) electrons. The standard InChI is InChI=1S/C8H8BrClN2S/c1-4-2-5(9)3-6(7(4)10)12-8(11)13/h2-3H,1H3,(H3,11,12,13). The Bertz CT molecular complexity index is 354. The molecule has 70 valence electrons. The molecule has 0 fully saturated rings. The van der Waals surface area contributed by atoms with Gasteiger partial charge < -0.3 is 11.1 Å². The van der Waals surface area contributed by atoms with Crippen LogP contribution in [0.2, 0.25) is 5.02 Å². The summed E-state index contributed by atoms with van der Waals surface area (Å²) in [6.45, 7) is 1.91. The minimum Gasteiger partial charge on any atom is -0.376 e. The first-order valence-corrected chi connectivity index (χ1v) is 5.10. The van der Waals surface area contributed by atoms with Gasteiger partial charge in [-0.2, -0.15) is 0 Å². The van der Waals surface area contributed by atoms with Crippen molar-refractivity contribution in [1.29, 1.82) is 0 Å². The fourth-order valence-electron chi connectivity index (χ4n) is 0.949. The van der Waals surface area contributed by atoms with E-state index in [4.69, 9.17) is 29.6 Å². The van der Waals surface area contributed by atoms with Crippen molar-refractivity contribution >= 4 is 50.5 Å². The molecule has 2 nitrogen and oxygen atoms in total. The van der Waals surface area contributed by atoms with E-state index in [9.17, 15) is 0 Å². The van der Waals surface area contributed by atoms with Crippen molar-refractivity contribution in [2.45, 2.75) is 6.92 Å². The Morgan fingerprint density at radius 1 is 1.62 bits per heavy atom. The molecular weight excluding hydrogens is 272 g/mol. The number of nitrogens with two attached hydrogens (primary N) is 1. The smallest absolute Gasteiger partial charge is 0.168 e. The highest BCUT2D eigenvalue weighted by Gasteiger charge is 2.05. The number of anilines is 1. The zero-order valence-electron chi connectivity index (χ0n) is 6.90. The molecule has 0 heterocycles. The molecule has 1 aromatic carbocycles. The Morgan fingerprint density at radius 3 is 2.77 bits per heavy atom. The summed E-state index contributed by atoms with van der Waals surface area (Å²) in [5, 5.41) is 3.64. The summed E-state index contributed by atoms with van der Waals surface area (Å²) in [6.07, 6.45) is 0. The first-order chi connectivity index (χ1) is 6.00. The van der Waals surface area contributed by atoms with E-state index in [-0.39, 0.29) is 5.11 Å². The largest absolute Gasteiger partial charge is 0.376 e. The van der Waals surface area contributed by atoms with E-state index in [2.05, 4.69) is 21.2 Å². The number of hydrogen-bond acceptors (Lipinski definition) is 1. The summed E-state index contributed by atoms with van der Waals surface area (Å²) in [7, 11) is 0. The maximum absolute atomic E-state index is 6.01. The number of benzene rings is 1. The van der Waals surface area contributed by atoms with E-state index in [1.165, 1.54) is 0 Å². The van der Waals surface area contributed by atoms with Gasteiger partial charge in [-0.15, -0.1) is 0 Å². The molecular formula is C8H8BrClN2S. The quantitative estimate of drug-likeness (QED) is 0.776. The van der Waals surface area contributed by atoms with Crippen molar-refractivity contribution in [2.75, 3.05) is 5.32 Å². The first kappa shape index (κ1) is 10.8. The van der Waals surface area contributed by atoms with Crippen molar-refractivity contribution in [3.8, 4) is 0 Å². The van der Waals surface area contributed by atoms with Crippen LogP contribution in [0.15, 0.2) is 16.6 Å². The second-order valence-electron chi connectivity index (χ2n) is 2.57. The molecule has 0 aromatic heterocycles. The number of halogens is 2. The summed E-state index contributed by atoms with van der Waals surface area (Å²) in [6, 6.07) is 3.75. The lowest BCUT2D eigenvalue weighted by atomic mass is 10.2. The minimum atomic E-state index is 0.208. The van der Waals surface area contributed by atoms with Crippen LogP contribution in [0.5, 0.6) is 0 Å². The molecule has 1 rings (SSSR count). The van der Waals surface area contributed by atoms with E-state index in [1.807, 2.05) is 19.1 Å². The fraction of sp³-hybridized carbons (Fsp3) is 0.125. The van der Waals surface area contributed by atoms with Gasteiger partial charge in [0.25, 0.3) is 0 Å². The Kier molecular flexibility index (Phi) is 3.53. The summed E-state index contributed by atoms with van der Waals surface area (Å²) in [5.74, 6) is 0. The van der Waals surface area contributed by atoms with Gasteiger partial charge in [0, 0.05) is 4.47 Å². The first-order valence-electron chi connectivity index (χ1n) is 3.53. The Balaban J connectivity index is 3.12. The summed E-state index contributed by atoms with van der Waals surface area (Å²) in [4.78, 5) is 0. The lowest BCUT2D eigenvalue weighted by Crippen LogP contribution is -2.19. The average molecular weight is 280 g/mol. The summed E-state index contributed by atoms with van der Waals surface area (Å²) >= 11 is 14.1. The van der Waals surface area contributed by atoms with Gasteiger partial charge in [-0.05, 0) is 36.8 Å². The maximum atomic E-state index is 6.01. The van der Waals surface area contributed by atoms with Gasteiger partial charge in [-0.1, -0.05) is 27.5 Å². The number of thiocarbonyl (C=S) groups is 1. The Labute approximate surface area is 95.6 Å². The number of hydrogen-bond donors (Lipinski definition) is 2. The number of aryl methyl sites for hydroxylation is 1. The summed E-state index contributed by atoms with van der Waals surface area (Å²) in [5.41, 5.74) is 7.03. The molecule has 0 spiro atoms. The van der Waals surface area contributed by atoms with Gasteiger partial charge in [-0.25, -0.2) is 0 Å². The molecule has 0 saturated heterocycles. The monoisotopic (exact) mass is 278 g/mol. The van der Waals surface area contributed by atoms with Crippen LogP contribution in [0.4, 0.5) is 5.69 Å². The molecule has 3 N–H and O–H groups in total. The van der Waals surface area contributed by atoms with Crippen molar-refractivity contribution in [3.05, 3.63) is 27.2 Å². The molecule has 0 aliphatic heterocycles. The summed E-state index contributed by atoms with van der Waals surface area (Å²) < 4.78 is 0.938. The van der Waals surface area contributed by atoms with E-state index < -0.39 is 0 Å². The predicted octanol–water partition coefficient (Wildman–Crippen LogP) is 3.07. The van der Waals surface area contributed by atoms with Crippen LogP contribution < -0.4 is 11.1 Å². The SMILES string of the molecule is Cc1cc(Br)cc(NC(N)=S)c1Cl. The number of rotatable bonds is 1. The molecule has 5 heteroatoms. The maximum Gasteiger partial charge on any atom is 0.168 e. The highest BCUT2D eigenvalue weighted by molar-refractivity contribution is 9.10. The Hall–Kier alpha value is -0.320. The van der Waals surface area contributed by atoms with Crippen LogP contribution in [0, 0.1) is 6.92 Å². The highest BCUT2D eigenvalue weighted by atomic mass is 79.9. The fourth-order valence-corrected chi connectivity index (χ4v) is 1.79. The van der Waals surface area contributed by atoms with Crippen LogP contribution in [0.3, 0.4) is 0 Å². The van der Waals surface area contributed by atoms with Crippen molar-refractivity contribution in [2.24, 2.45) is 5.73 Å². The van der Waals surface area contributed by atoms with Crippen LogP contribution in [-0.4, -0.2) is 5.11 Å². The third-order valence-corrected chi connectivity index (χ3v) is 2.54. The lowest BCUT2D eigenvalue weighted by molar-refractivity contribution is 1.44. The molecule has 0 unspecified atom stereocenters. The van der Waals surface area contributed by atoms with Gasteiger partial charge in [0.15, 0.2) is 5.11 Å². The van der Waals surface area contributed by atoms with Gasteiger partial charge in [0.2, 0.25) is 0 Å². The molecule has 0 amide bonds. The van der Waals surface area contributed by atoms with Crippen molar-refractivity contribution in [1.82, 2.24) is 0 Å². The minimum absolute atomic E-state index is 0.208. The van der Waals surface area contributed by atoms with E-state index in [1.54, 1.807) is 0 Å². The molecule has 13 heavy (non-hydrogen) atoms. The number of nitrogens with one attached hydrogen (secondary N) is 1. The zero-order chi connectivity index (χ0) is 10.0. The average Bonchev–Trinajstić information content (AvgIpc) is 1.98. The van der Waals surface area contributed by atoms with Gasteiger partial charge in [0.1, 0.15) is 0 Å². The van der Waals surface area contributed by atoms with Gasteiger partial charge in [-0.3, -0.25) is 0 Å². The third kappa shape index (κ3) is 2.83. The molecule has 0 saturated carbocycles. The van der Waals surface area contributed by atoms with Gasteiger partial charge >= 0.3 is 0 Å².